The number of nitrogens with one attached hydrogen (secondary N) is 3. The number of likely N-dealkylation sites (tertiary alicyclic amines) is 1. The summed E-state index contributed by atoms with van der Waals surface area (Å²) in [6.45, 7) is 14.3. The Labute approximate surface area is 413 Å². The first-order valence-electron chi connectivity index (χ1n) is 23.4. The summed E-state index contributed by atoms with van der Waals surface area (Å²) in [5.74, 6) is 1.31. The van der Waals surface area contributed by atoms with Gasteiger partial charge >= 0.3 is 0 Å². The van der Waals surface area contributed by atoms with Gasteiger partial charge in [-0.25, -0.2) is 8.42 Å². The van der Waals surface area contributed by atoms with Gasteiger partial charge in [0, 0.05) is 71.3 Å². The van der Waals surface area contributed by atoms with E-state index < -0.39 is 33.4 Å². The van der Waals surface area contributed by atoms with E-state index in [2.05, 4.69) is 40.0 Å². The molecule has 1 saturated carbocycles. The van der Waals surface area contributed by atoms with E-state index in [4.69, 9.17) is 21.3 Å². The molecule has 15 nitrogen and oxygen atoms in total. The van der Waals surface area contributed by atoms with Crippen LogP contribution in [0.4, 0.5) is 0 Å². The molecular weight excluding hydrogens is 936 g/mol. The second kappa shape index (κ2) is 20.1. The highest BCUT2D eigenvalue weighted by Crippen LogP contribution is 2.40. The van der Waals surface area contributed by atoms with E-state index in [0.717, 1.165) is 44.4 Å². The van der Waals surface area contributed by atoms with Crippen molar-refractivity contribution in [2.45, 2.75) is 128 Å². The zero-order valence-corrected chi connectivity index (χ0v) is 42.6. The number of sulfone groups is 1. The minimum Gasteiger partial charge on any atom is -0.490 e. The van der Waals surface area contributed by atoms with Gasteiger partial charge in [-0.2, -0.15) is 0 Å². The van der Waals surface area contributed by atoms with Crippen LogP contribution in [0.3, 0.4) is 0 Å². The van der Waals surface area contributed by atoms with Crippen molar-refractivity contribution in [2.75, 3.05) is 19.3 Å². The van der Waals surface area contributed by atoms with Gasteiger partial charge in [-0.05, 0) is 92.6 Å². The van der Waals surface area contributed by atoms with Gasteiger partial charge in [0.15, 0.2) is 15.7 Å². The molecule has 2 aliphatic heterocycles. The summed E-state index contributed by atoms with van der Waals surface area (Å²) in [6, 6.07) is 19.7. The number of aryl methyl sites for hydroxylation is 2. The summed E-state index contributed by atoms with van der Waals surface area (Å²) in [5, 5.41) is 30.8. The number of carbonyl (C=O) groups excluding carboxylic acids is 3. The van der Waals surface area contributed by atoms with Crippen molar-refractivity contribution in [2.24, 2.45) is 10.4 Å². The SMILES string of the molecule is Cc1sc2c(c1C)C(c1ccc(Cl)cc1)=N[C@@H](CC(=O)N[C@H]1C[C@H](Oc3ccc(CC(=O)N[C@H](C(=O)N4C[C@H](O)C[C@H]4CN[C@@H](C)c4ccc(S(C)(=O)=O)cc4)C(C)(C)C)cc3)C1)c1nnc(C)n1-2. The fourth-order valence-corrected chi connectivity index (χ4v) is 11.2. The van der Waals surface area contributed by atoms with E-state index >= 15 is 0 Å². The highest BCUT2D eigenvalue weighted by atomic mass is 35.5. The van der Waals surface area contributed by atoms with E-state index in [-0.39, 0.29) is 66.2 Å². The van der Waals surface area contributed by atoms with Crippen molar-refractivity contribution in [1.29, 1.82) is 0 Å². The summed E-state index contributed by atoms with van der Waals surface area (Å²) >= 11 is 7.93. The third kappa shape index (κ3) is 11.3. The van der Waals surface area contributed by atoms with Gasteiger partial charge in [0.2, 0.25) is 17.7 Å². The molecule has 3 aliphatic rings. The lowest BCUT2D eigenvalue weighted by atomic mass is 9.85. The van der Waals surface area contributed by atoms with Crippen LogP contribution in [0.2, 0.25) is 5.02 Å². The molecule has 0 unspecified atom stereocenters. The third-order valence-electron chi connectivity index (χ3n) is 13.3. The van der Waals surface area contributed by atoms with Gasteiger partial charge in [-0.15, -0.1) is 21.5 Å². The Morgan fingerprint density at radius 1 is 0.942 bits per heavy atom. The number of amides is 3. The van der Waals surface area contributed by atoms with Crippen molar-refractivity contribution < 1.29 is 32.6 Å². The number of halogens is 1. The zero-order chi connectivity index (χ0) is 49.5. The fourth-order valence-electron chi connectivity index (χ4n) is 9.25. The lowest BCUT2D eigenvalue weighted by Gasteiger charge is -2.36. The van der Waals surface area contributed by atoms with Crippen molar-refractivity contribution in [1.82, 2.24) is 35.6 Å². The predicted molar refractivity (Wildman–Crippen MR) is 267 cm³/mol. The molecule has 0 radical (unpaired) electrons. The molecule has 366 valence electrons. The Morgan fingerprint density at radius 3 is 2.28 bits per heavy atom. The number of thiophene rings is 1. The Hall–Kier alpha value is -5.46. The van der Waals surface area contributed by atoms with Crippen LogP contribution >= 0.6 is 22.9 Å². The van der Waals surface area contributed by atoms with Crippen LogP contribution in [0.25, 0.3) is 5.00 Å². The Morgan fingerprint density at radius 2 is 1.62 bits per heavy atom. The number of hydrogen-bond donors (Lipinski definition) is 4. The maximum atomic E-state index is 14.2. The lowest BCUT2D eigenvalue weighted by molar-refractivity contribution is -0.140. The third-order valence-corrected chi connectivity index (χ3v) is 15.9. The Bertz CT molecular complexity index is 2850. The van der Waals surface area contributed by atoms with Crippen LogP contribution in [0.5, 0.6) is 5.75 Å². The average molecular weight is 998 g/mol. The van der Waals surface area contributed by atoms with Gasteiger partial charge in [0.25, 0.3) is 0 Å². The summed E-state index contributed by atoms with van der Waals surface area (Å²) < 4.78 is 32.1. The Kier molecular flexibility index (Phi) is 14.6. The largest absolute Gasteiger partial charge is 0.490 e. The molecule has 69 heavy (non-hydrogen) atoms. The van der Waals surface area contributed by atoms with Gasteiger partial charge in [0.1, 0.15) is 34.8 Å². The molecule has 2 fully saturated rings. The number of rotatable bonds is 15. The number of nitrogens with zero attached hydrogens (tertiary/aromatic N) is 5. The predicted octanol–water partition coefficient (Wildman–Crippen LogP) is 6.71. The van der Waals surface area contributed by atoms with Crippen molar-refractivity contribution in [3.05, 3.63) is 122 Å². The molecule has 8 rings (SSSR count). The quantitative estimate of drug-likeness (QED) is 0.0876. The maximum Gasteiger partial charge on any atom is 0.246 e. The van der Waals surface area contributed by atoms with Crippen LogP contribution in [0.15, 0.2) is 82.7 Å². The highest BCUT2D eigenvalue weighted by molar-refractivity contribution is 7.90. The molecule has 4 heterocycles. The van der Waals surface area contributed by atoms with Crippen molar-refractivity contribution >= 4 is 56.2 Å². The summed E-state index contributed by atoms with van der Waals surface area (Å²) in [4.78, 5) is 49.7. The molecule has 2 aromatic heterocycles. The molecule has 3 amide bonds. The summed E-state index contributed by atoms with van der Waals surface area (Å²) in [6.07, 6.45) is 2.18. The van der Waals surface area contributed by atoms with E-state index in [1.54, 1.807) is 40.5 Å². The number of aliphatic hydroxyl groups is 1. The molecule has 5 atom stereocenters. The molecule has 1 aliphatic carbocycles. The normalized spacial score (nSPS) is 21.0. The highest BCUT2D eigenvalue weighted by Gasteiger charge is 2.42. The number of ether oxygens (including phenoxy) is 1. The topological polar surface area (TPSA) is 197 Å². The number of aliphatic hydroxyl groups excluding tert-OH is 1. The number of β-amino-alcohol motifs (C(OH)–C–C–N with tert-alkyl or cyclic N) is 1. The van der Waals surface area contributed by atoms with Gasteiger partial charge in [-0.3, -0.25) is 23.9 Å². The minimum absolute atomic E-state index is 0.0521. The molecule has 5 aromatic rings. The van der Waals surface area contributed by atoms with Crippen LogP contribution in [-0.2, 0) is 30.6 Å². The second-order valence-corrected chi connectivity index (χ2v) is 23.4. The average Bonchev–Trinajstić information content (AvgIpc) is 3.92. The Balaban J connectivity index is 0.829. The molecule has 0 bridgehead atoms. The fraction of sp³-hybridized carbons (Fsp3) is 0.451. The van der Waals surface area contributed by atoms with Gasteiger partial charge in [0.05, 0.1) is 29.6 Å². The second-order valence-electron chi connectivity index (χ2n) is 19.8. The molecule has 4 N–H and O–H groups in total. The number of fused-ring (bicyclic) bond motifs is 3. The summed E-state index contributed by atoms with van der Waals surface area (Å²) in [7, 11) is -3.31. The summed E-state index contributed by atoms with van der Waals surface area (Å²) in [5.41, 5.74) is 4.86. The van der Waals surface area contributed by atoms with E-state index in [9.17, 15) is 27.9 Å². The molecule has 1 saturated heterocycles. The molecule has 0 spiro atoms. The zero-order valence-electron chi connectivity index (χ0n) is 40.2. The van der Waals surface area contributed by atoms with E-state index in [1.807, 2.05) is 87.7 Å². The first kappa shape index (κ1) is 49.9. The van der Waals surface area contributed by atoms with Crippen molar-refractivity contribution in [3.63, 3.8) is 0 Å². The monoisotopic (exact) mass is 996 g/mol. The van der Waals surface area contributed by atoms with Crippen LogP contribution in [0, 0.1) is 26.2 Å². The molecule has 18 heteroatoms. The van der Waals surface area contributed by atoms with Crippen molar-refractivity contribution in [3.8, 4) is 10.8 Å². The number of benzene rings is 3. The minimum atomic E-state index is -3.31. The first-order chi connectivity index (χ1) is 32.6. The van der Waals surface area contributed by atoms with E-state index in [0.29, 0.717) is 42.4 Å². The van der Waals surface area contributed by atoms with Gasteiger partial charge in [-0.1, -0.05) is 68.8 Å². The van der Waals surface area contributed by atoms with Crippen LogP contribution < -0.4 is 20.7 Å². The first-order valence-corrected chi connectivity index (χ1v) is 26.4. The number of aliphatic imine (C=N–C) groups is 1. The van der Waals surface area contributed by atoms with Crippen LogP contribution in [0.1, 0.15) is 110 Å². The maximum absolute atomic E-state index is 14.2. The van der Waals surface area contributed by atoms with E-state index in [1.165, 1.54) is 11.1 Å². The number of aromatic nitrogens is 3. The number of hydrogen-bond acceptors (Lipinski definition) is 12. The van der Waals surface area contributed by atoms with Crippen LogP contribution in [-0.4, -0.2) is 106 Å². The molecular formula is C51H61ClN8O7S2. The standard InChI is InChI=1S/C51H61ClN8O7S2/c1-28-30(3)68-50-45(28)46(34-11-15-35(52)16-12-34)55-42(48-58-57-31(4)60(48)50)25-44(63)54-36-22-40(23-36)67-39-17-9-32(10-18-39)21-43(62)56-47(51(5,6)7)49(64)59-27-38(61)24-37(59)26-53-29(2)33-13-19-41(20-14-33)69(8,65)66/h9-20,29,36-38,40,42,47,53,61H,21-27H2,1-8H3,(H,54,63)(H,56,62)/t29-,36-,37-,38+,40-,42-,47+/m0/s1. The lowest BCUT2D eigenvalue weighted by Crippen LogP contribution is -2.57. The molecule has 3 aromatic carbocycles. The number of carbonyl (C=O) groups is 3. The van der Waals surface area contributed by atoms with Gasteiger partial charge < -0.3 is 30.7 Å². The smallest absolute Gasteiger partial charge is 0.246 e.